The molecule has 2 unspecified atom stereocenters. The molecule has 94 valence electrons. The van der Waals surface area contributed by atoms with Crippen LogP contribution in [0.3, 0.4) is 0 Å². The number of hydrogen-bond acceptors (Lipinski definition) is 2. The van der Waals surface area contributed by atoms with Gasteiger partial charge in [0, 0.05) is 11.4 Å². The van der Waals surface area contributed by atoms with Crippen molar-refractivity contribution < 1.29 is 9.21 Å². The molecule has 1 saturated carbocycles. The van der Waals surface area contributed by atoms with Crippen molar-refractivity contribution in [3.63, 3.8) is 0 Å². The summed E-state index contributed by atoms with van der Waals surface area (Å²) in [6.07, 6.45) is 4.77. The van der Waals surface area contributed by atoms with Crippen molar-refractivity contribution in [3.8, 4) is 0 Å². The summed E-state index contributed by atoms with van der Waals surface area (Å²) in [7, 11) is 0. The molecule has 2 rings (SSSR count). The Labute approximate surface area is 114 Å². The number of amides is 1. The SMILES string of the molecule is O=C(NCC1CCCC(Br)C1)c1ccc(Cl)o1. The van der Waals surface area contributed by atoms with Gasteiger partial charge < -0.3 is 9.73 Å². The van der Waals surface area contributed by atoms with Gasteiger partial charge in [0.2, 0.25) is 0 Å². The molecule has 1 N–H and O–H groups in total. The second-order valence-corrected chi connectivity index (χ2v) is 6.11. The largest absolute Gasteiger partial charge is 0.440 e. The topological polar surface area (TPSA) is 42.2 Å². The number of rotatable bonds is 3. The molecule has 0 aliphatic heterocycles. The average molecular weight is 321 g/mol. The van der Waals surface area contributed by atoms with E-state index >= 15 is 0 Å². The van der Waals surface area contributed by atoms with Crippen molar-refractivity contribution in [1.29, 1.82) is 0 Å². The zero-order valence-corrected chi connectivity index (χ0v) is 11.8. The van der Waals surface area contributed by atoms with E-state index in [1.165, 1.54) is 19.3 Å². The number of carbonyl (C=O) groups is 1. The predicted octanol–water partition coefficient (Wildman–Crippen LogP) is 3.62. The van der Waals surface area contributed by atoms with Gasteiger partial charge in [-0.05, 0) is 48.9 Å². The van der Waals surface area contributed by atoms with Crippen LogP contribution in [0.1, 0.15) is 36.2 Å². The zero-order valence-electron chi connectivity index (χ0n) is 9.42. The summed E-state index contributed by atoms with van der Waals surface area (Å²) in [4.78, 5) is 12.3. The van der Waals surface area contributed by atoms with Gasteiger partial charge in [0.05, 0.1) is 0 Å². The highest BCUT2D eigenvalue weighted by molar-refractivity contribution is 9.09. The Bertz CT molecular complexity index is 394. The van der Waals surface area contributed by atoms with Crippen LogP contribution < -0.4 is 5.32 Å². The molecule has 1 amide bonds. The third kappa shape index (κ3) is 3.75. The lowest BCUT2D eigenvalue weighted by atomic mass is 9.89. The highest BCUT2D eigenvalue weighted by atomic mass is 79.9. The van der Waals surface area contributed by atoms with Crippen LogP contribution in [-0.2, 0) is 0 Å². The minimum absolute atomic E-state index is 0.186. The standard InChI is InChI=1S/C12H15BrClNO2/c13-9-3-1-2-8(6-9)7-15-12(16)10-4-5-11(14)17-10/h4-5,8-9H,1-3,6-7H2,(H,15,16). The molecular weight excluding hydrogens is 305 g/mol. The van der Waals surface area contributed by atoms with E-state index in [4.69, 9.17) is 16.0 Å². The van der Waals surface area contributed by atoms with Crippen molar-refractivity contribution in [2.24, 2.45) is 5.92 Å². The molecule has 17 heavy (non-hydrogen) atoms. The number of alkyl halides is 1. The lowest BCUT2D eigenvalue weighted by Gasteiger charge is -2.25. The van der Waals surface area contributed by atoms with Gasteiger partial charge in [-0.15, -0.1) is 0 Å². The fraction of sp³-hybridized carbons (Fsp3) is 0.583. The van der Waals surface area contributed by atoms with Gasteiger partial charge in [-0.1, -0.05) is 22.4 Å². The predicted molar refractivity (Wildman–Crippen MR) is 70.7 cm³/mol. The third-order valence-corrected chi connectivity index (χ3v) is 4.10. The molecule has 1 aliphatic rings. The molecule has 2 atom stereocenters. The maximum Gasteiger partial charge on any atom is 0.287 e. The first-order valence-electron chi connectivity index (χ1n) is 5.83. The van der Waals surface area contributed by atoms with Crippen molar-refractivity contribution in [2.45, 2.75) is 30.5 Å². The summed E-state index contributed by atoms with van der Waals surface area (Å²) in [5, 5.41) is 3.13. The van der Waals surface area contributed by atoms with Crippen LogP contribution in [-0.4, -0.2) is 17.3 Å². The van der Waals surface area contributed by atoms with E-state index in [9.17, 15) is 4.79 Å². The maximum atomic E-state index is 11.7. The van der Waals surface area contributed by atoms with Gasteiger partial charge >= 0.3 is 0 Å². The number of halogens is 2. The lowest BCUT2D eigenvalue weighted by molar-refractivity contribution is 0.0916. The van der Waals surface area contributed by atoms with Gasteiger partial charge in [0.25, 0.3) is 5.91 Å². The van der Waals surface area contributed by atoms with E-state index in [1.54, 1.807) is 12.1 Å². The van der Waals surface area contributed by atoms with E-state index in [1.807, 2.05) is 0 Å². The third-order valence-electron chi connectivity index (χ3n) is 3.07. The van der Waals surface area contributed by atoms with Crippen LogP contribution in [0.15, 0.2) is 16.5 Å². The highest BCUT2D eigenvalue weighted by Gasteiger charge is 2.21. The number of nitrogens with one attached hydrogen (secondary N) is 1. The molecular formula is C12H15BrClNO2. The quantitative estimate of drug-likeness (QED) is 0.864. The summed E-state index contributed by atoms with van der Waals surface area (Å²) >= 11 is 9.25. The van der Waals surface area contributed by atoms with E-state index in [0.717, 1.165) is 6.42 Å². The van der Waals surface area contributed by atoms with Gasteiger partial charge in [-0.3, -0.25) is 4.79 Å². The summed E-state index contributed by atoms with van der Waals surface area (Å²) < 4.78 is 5.05. The summed E-state index contributed by atoms with van der Waals surface area (Å²) in [6.45, 7) is 0.708. The van der Waals surface area contributed by atoms with Crippen molar-refractivity contribution in [3.05, 3.63) is 23.1 Å². The van der Waals surface area contributed by atoms with Crippen LogP contribution in [0.2, 0.25) is 5.22 Å². The molecule has 0 radical (unpaired) electrons. The van der Waals surface area contributed by atoms with Crippen LogP contribution in [0.25, 0.3) is 0 Å². The summed E-state index contributed by atoms with van der Waals surface area (Å²) in [5.41, 5.74) is 0. The molecule has 1 aliphatic carbocycles. The lowest BCUT2D eigenvalue weighted by Crippen LogP contribution is -2.31. The van der Waals surface area contributed by atoms with Crippen LogP contribution >= 0.6 is 27.5 Å². The highest BCUT2D eigenvalue weighted by Crippen LogP contribution is 2.28. The molecule has 5 heteroatoms. The molecule has 1 fully saturated rings. The molecule has 3 nitrogen and oxygen atoms in total. The second kappa shape index (κ2) is 5.91. The second-order valence-electron chi connectivity index (χ2n) is 4.44. The Morgan fingerprint density at radius 1 is 1.53 bits per heavy atom. The van der Waals surface area contributed by atoms with E-state index < -0.39 is 0 Å². The molecule has 0 saturated heterocycles. The smallest absolute Gasteiger partial charge is 0.287 e. The monoisotopic (exact) mass is 319 g/mol. The minimum Gasteiger partial charge on any atom is -0.440 e. The fourth-order valence-electron chi connectivity index (χ4n) is 2.17. The molecule has 1 heterocycles. The van der Waals surface area contributed by atoms with Crippen LogP contribution in [0.5, 0.6) is 0 Å². The van der Waals surface area contributed by atoms with Crippen molar-refractivity contribution in [2.75, 3.05) is 6.54 Å². The van der Waals surface area contributed by atoms with Crippen molar-refractivity contribution >= 4 is 33.4 Å². The minimum atomic E-state index is -0.186. The first-order chi connectivity index (χ1) is 8.15. The number of carbonyl (C=O) groups excluding carboxylic acids is 1. The van der Waals surface area contributed by atoms with Crippen molar-refractivity contribution in [1.82, 2.24) is 5.32 Å². The molecule has 0 spiro atoms. The number of furan rings is 1. The Hall–Kier alpha value is -0.480. The normalized spacial score (nSPS) is 24.6. The van der Waals surface area contributed by atoms with Crippen LogP contribution in [0.4, 0.5) is 0 Å². The Kier molecular flexibility index (Phi) is 4.51. The zero-order chi connectivity index (χ0) is 12.3. The number of hydrogen-bond donors (Lipinski definition) is 1. The average Bonchev–Trinajstić information content (AvgIpc) is 2.73. The molecule has 1 aromatic rings. The van der Waals surface area contributed by atoms with E-state index in [0.29, 0.717) is 17.3 Å². The van der Waals surface area contributed by atoms with E-state index in [-0.39, 0.29) is 16.9 Å². The Morgan fingerprint density at radius 2 is 2.35 bits per heavy atom. The first-order valence-corrected chi connectivity index (χ1v) is 7.12. The van der Waals surface area contributed by atoms with Gasteiger partial charge in [0.15, 0.2) is 11.0 Å². The van der Waals surface area contributed by atoms with Gasteiger partial charge in [-0.2, -0.15) is 0 Å². The molecule has 0 aromatic carbocycles. The summed E-state index contributed by atoms with van der Waals surface area (Å²) in [6, 6.07) is 3.16. The Balaban J connectivity index is 1.80. The van der Waals surface area contributed by atoms with Gasteiger partial charge in [-0.25, -0.2) is 0 Å². The van der Waals surface area contributed by atoms with Crippen LogP contribution in [0, 0.1) is 5.92 Å². The molecule has 1 aromatic heterocycles. The van der Waals surface area contributed by atoms with E-state index in [2.05, 4.69) is 21.2 Å². The molecule has 0 bridgehead atoms. The maximum absolute atomic E-state index is 11.7. The Morgan fingerprint density at radius 3 is 3.00 bits per heavy atom. The fourth-order valence-corrected chi connectivity index (χ4v) is 3.17. The first kappa shape index (κ1) is 13.0. The summed E-state index contributed by atoms with van der Waals surface area (Å²) in [5.74, 6) is 0.650. The van der Waals surface area contributed by atoms with Gasteiger partial charge in [0.1, 0.15) is 0 Å².